The van der Waals surface area contributed by atoms with Crippen molar-refractivity contribution in [1.29, 1.82) is 0 Å². The fraction of sp³-hybridized carbons (Fsp3) is 0.286. The molecule has 0 amide bonds. The largest absolute Gasteiger partial charge is 0.459 e. The van der Waals surface area contributed by atoms with Gasteiger partial charge in [-0.2, -0.15) is 0 Å². The zero-order valence-corrected chi connectivity index (χ0v) is 13.9. The van der Waals surface area contributed by atoms with Crippen LogP contribution in [-0.2, 0) is 22.7 Å². The molecule has 0 saturated heterocycles. The summed E-state index contributed by atoms with van der Waals surface area (Å²) >= 11 is 2.44. The van der Waals surface area contributed by atoms with Gasteiger partial charge in [0.1, 0.15) is 6.61 Å². The number of rotatable bonds is 5. The van der Waals surface area contributed by atoms with Gasteiger partial charge in [0.05, 0.1) is 12.1 Å². The Hall–Kier alpha value is -2.26. The zero-order chi connectivity index (χ0) is 16.4. The Kier molecular flexibility index (Phi) is 4.39. The molecule has 9 heteroatoms. The van der Waals surface area contributed by atoms with Gasteiger partial charge < -0.3 is 9.30 Å². The number of esters is 1. The van der Waals surface area contributed by atoms with E-state index in [1.165, 1.54) is 26.4 Å². The molecule has 0 aromatic carbocycles. The molecular formula is C14H13N3O4S2. The fourth-order valence-electron chi connectivity index (χ4n) is 2.07. The molecule has 7 nitrogen and oxygen atoms in total. The van der Waals surface area contributed by atoms with Crippen LogP contribution in [-0.4, -0.2) is 19.9 Å². The lowest BCUT2D eigenvalue weighted by Crippen LogP contribution is -2.18. The molecule has 0 atom stereocenters. The number of nitrogens with zero attached hydrogens (tertiary/aromatic N) is 3. The van der Waals surface area contributed by atoms with Crippen LogP contribution in [0.4, 0.5) is 0 Å². The van der Waals surface area contributed by atoms with E-state index in [1.807, 2.05) is 6.92 Å². The van der Waals surface area contributed by atoms with Crippen molar-refractivity contribution in [3.63, 3.8) is 0 Å². The Labute approximate surface area is 138 Å². The predicted molar refractivity (Wildman–Crippen MR) is 87.1 cm³/mol. The van der Waals surface area contributed by atoms with Crippen molar-refractivity contribution >= 4 is 33.6 Å². The minimum absolute atomic E-state index is 0.0556. The lowest BCUT2D eigenvalue weighted by atomic mass is 10.4. The van der Waals surface area contributed by atoms with Crippen LogP contribution in [0.15, 0.2) is 32.6 Å². The second-order valence-corrected chi connectivity index (χ2v) is 6.54. The number of carbonyl (C=O) groups excluding carboxylic acids is 1. The third-order valence-corrected chi connectivity index (χ3v) is 4.89. The van der Waals surface area contributed by atoms with Gasteiger partial charge in [0, 0.05) is 35.3 Å². The van der Waals surface area contributed by atoms with Crippen molar-refractivity contribution in [2.24, 2.45) is 0 Å². The predicted octanol–water partition coefficient (Wildman–Crippen LogP) is 1.42. The molecule has 120 valence electrons. The van der Waals surface area contributed by atoms with Crippen LogP contribution in [0, 0.1) is 6.92 Å². The summed E-state index contributed by atoms with van der Waals surface area (Å²) in [5.74, 6) is -0.435. The molecule has 3 heterocycles. The summed E-state index contributed by atoms with van der Waals surface area (Å²) in [5.41, 5.74) is 1.03. The molecule has 0 N–H and O–H groups in total. The number of fused-ring (bicyclic) bond motifs is 1. The van der Waals surface area contributed by atoms with Crippen molar-refractivity contribution in [3.05, 3.63) is 54.4 Å². The third kappa shape index (κ3) is 3.40. The minimum Gasteiger partial charge on any atom is -0.459 e. The van der Waals surface area contributed by atoms with Crippen LogP contribution in [0.2, 0.25) is 0 Å². The summed E-state index contributed by atoms with van der Waals surface area (Å²) in [6.45, 7) is 2.05. The van der Waals surface area contributed by atoms with Crippen molar-refractivity contribution in [1.82, 2.24) is 14.0 Å². The topological polar surface area (TPSA) is 82.7 Å². The molecule has 0 fully saturated rings. The number of thiazole rings is 2. The van der Waals surface area contributed by atoms with E-state index < -0.39 is 5.97 Å². The van der Waals surface area contributed by atoms with Crippen molar-refractivity contribution in [3.8, 4) is 0 Å². The van der Waals surface area contributed by atoms with E-state index in [9.17, 15) is 14.4 Å². The Balaban J connectivity index is 1.60. The Morgan fingerprint density at radius 2 is 2.17 bits per heavy atom. The summed E-state index contributed by atoms with van der Waals surface area (Å²) in [7, 11) is 0. The van der Waals surface area contributed by atoms with E-state index in [4.69, 9.17) is 4.74 Å². The first-order valence-corrected chi connectivity index (χ1v) is 8.57. The van der Waals surface area contributed by atoms with E-state index >= 15 is 0 Å². The van der Waals surface area contributed by atoms with E-state index in [1.54, 1.807) is 17.0 Å². The first kappa shape index (κ1) is 15.6. The van der Waals surface area contributed by atoms with Gasteiger partial charge in [0.2, 0.25) is 0 Å². The third-order valence-electron chi connectivity index (χ3n) is 3.25. The average molecular weight is 351 g/mol. The molecule has 0 aliphatic rings. The van der Waals surface area contributed by atoms with Crippen molar-refractivity contribution < 1.29 is 9.53 Å². The van der Waals surface area contributed by atoms with Crippen LogP contribution in [0.3, 0.4) is 0 Å². The second-order valence-electron chi connectivity index (χ2n) is 4.85. The van der Waals surface area contributed by atoms with Gasteiger partial charge in [-0.3, -0.25) is 18.8 Å². The lowest BCUT2D eigenvalue weighted by molar-refractivity contribution is -0.145. The fourth-order valence-corrected chi connectivity index (χ4v) is 3.57. The zero-order valence-electron chi connectivity index (χ0n) is 12.2. The summed E-state index contributed by atoms with van der Waals surface area (Å²) in [4.78, 5) is 39.9. The summed E-state index contributed by atoms with van der Waals surface area (Å²) < 4.78 is 8.10. The summed E-state index contributed by atoms with van der Waals surface area (Å²) in [6, 6.07) is 1.35. The van der Waals surface area contributed by atoms with Crippen molar-refractivity contribution in [2.45, 2.75) is 26.5 Å². The van der Waals surface area contributed by atoms with Gasteiger partial charge in [-0.25, -0.2) is 4.98 Å². The highest BCUT2D eigenvalue weighted by molar-refractivity contribution is 7.15. The Morgan fingerprint density at radius 3 is 2.91 bits per heavy atom. The summed E-state index contributed by atoms with van der Waals surface area (Å²) in [6.07, 6.45) is 1.74. The highest BCUT2D eigenvalue weighted by Crippen LogP contribution is 2.08. The van der Waals surface area contributed by atoms with Crippen LogP contribution in [0.25, 0.3) is 4.96 Å². The number of hydrogen-bond donors (Lipinski definition) is 0. The smallest absolute Gasteiger partial charge is 0.307 e. The molecule has 3 rings (SSSR count). The molecule has 0 aliphatic carbocycles. The molecule has 0 spiro atoms. The van der Waals surface area contributed by atoms with Gasteiger partial charge in [-0.05, 0) is 6.92 Å². The standard InChI is InChI=1S/C14H13N3O4S2/c1-9-8-23-14(20)16(9)3-2-12(19)21-7-10-6-11(18)17-4-5-22-13(17)15-10/h4-6,8H,2-3,7H2,1H3. The van der Waals surface area contributed by atoms with Gasteiger partial charge >= 0.3 is 10.8 Å². The van der Waals surface area contributed by atoms with Gasteiger partial charge in [0.15, 0.2) is 4.96 Å². The normalized spacial score (nSPS) is 11.0. The van der Waals surface area contributed by atoms with Gasteiger partial charge in [-0.15, -0.1) is 11.3 Å². The number of ether oxygens (including phenoxy) is 1. The molecule has 3 aromatic rings. The van der Waals surface area contributed by atoms with Gasteiger partial charge in [-0.1, -0.05) is 11.3 Å². The van der Waals surface area contributed by atoms with Crippen LogP contribution in [0.1, 0.15) is 17.8 Å². The number of carbonyl (C=O) groups is 1. The highest BCUT2D eigenvalue weighted by atomic mass is 32.1. The molecule has 0 unspecified atom stereocenters. The highest BCUT2D eigenvalue weighted by Gasteiger charge is 2.09. The lowest BCUT2D eigenvalue weighted by Gasteiger charge is -2.06. The minimum atomic E-state index is -0.435. The molecule has 3 aromatic heterocycles. The average Bonchev–Trinajstić information content (AvgIpc) is 3.11. The summed E-state index contributed by atoms with van der Waals surface area (Å²) in [5, 5.41) is 3.52. The number of hydrogen-bond acceptors (Lipinski definition) is 7. The van der Waals surface area contributed by atoms with E-state index in [2.05, 4.69) is 4.98 Å². The van der Waals surface area contributed by atoms with E-state index in [0.717, 1.165) is 17.0 Å². The maximum atomic E-state index is 11.8. The monoisotopic (exact) mass is 351 g/mol. The van der Waals surface area contributed by atoms with E-state index in [-0.39, 0.29) is 30.0 Å². The number of aromatic nitrogens is 3. The SMILES string of the molecule is Cc1csc(=O)n1CCC(=O)OCc1cc(=O)n2ccsc2n1. The quantitative estimate of drug-likeness (QED) is 0.649. The molecule has 0 aliphatic heterocycles. The molecule has 0 saturated carbocycles. The van der Waals surface area contributed by atoms with Crippen LogP contribution < -0.4 is 10.4 Å². The maximum absolute atomic E-state index is 11.8. The van der Waals surface area contributed by atoms with Gasteiger partial charge in [0.25, 0.3) is 5.56 Å². The second kappa shape index (κ2) is 6.47. The first-order chi connectivity index (χ1) is 11.0. The molecular weight excluding hydrogens is 338 g/mol. The van der Waals surface area contributed by atoms with Crippen molar-refractivity contribution in [2.75, 3.05) is 0 Å². The Bertz CT molecular complexity index is 966. The Morgan fingerprint density at radius 1 is 1.35 bits per heavy atom. The van der Waals surface area contributed by atoms with E-state index in [0.29, 0.717) is 10.7 Å². The molecule has 0 radical (unpaired) electrons. The molecule has 0 bridgehead atoms. The number of aryl methyl sites for hydroxylation is 1. The maximum Gasteiger partial charge on any atom is 0.307 e. The first-order valence-electron chi connectivity index (χ1n) is 6.81. The van der Waals surface area contributed by atoms with Crippen LogP contribution >= 0.6 is 22.7 Å². The molecule has 23 heavy (non-hydrogen) atoms. The van der Waals surface area contributed by atoms with Crippen LogP contribution in [0.5, 0.6) is 0 Å².